The van der Waals surface area contributed by atoms with E-state index in [1.807, 2.05) is 36.4 Å². The fourth-order valence-electron chi connectivity index (χ4n) is 4.27. The largest absolute Gasteiger partial charge is 0.496 e. The Labute approximate surface area is 220 Å². The molecule has 0 bridgehead atoms. The smallest absolute Gasteiger partial charge is 0.186 e. The molecule has 0 spiro atoms. The van der Waals surface area contributed by atoms with Gasteiger partial charge in [0.1, 0.15) is 23.0 Å². The average molecular weight is 503 g/mol. The van der Waals surface area contributed by atoms with Crippen LogP contribution in [0.15, 0.2) is 57.7 Å². The first kappa shape index (κ1) is 27.7. The number of hydrogen-bond donors (Lipinski definition) is 0. The Morgan fingerprint density at radius 1 is 0.649 bits per heavy atom. The van der Waals surface area contributed by atoms with Crippen molar-refractivity contribution in [3.05, 3.63) is 81.4 Å². The number of methoxy groups -OCH3 is 2. The van der Waals surface area contributed by atoms with Gasteiger partial charge in [-0.15, -0.1) is 0 Å². The molecule has 0 atom stereocenters. The molecule has 6 heteroatoms. The molecule has 3 rings (SSSR count). The molecule has 0 aliphatic rings. The topological polar surface area (TPSA) is 55.2 Å². The highest BCUT2D eigenvalue weighted by atomic mass is 16.5. The molecule has 0 unspecified atom stereocenters. The molecule has 0 fully saturated rings. The van der Waals surface area contributed by atoms with Crippen molar-refractivity contribution in [2.45, 2.75) is 27.7 Å². The molecule has 3 aromatic rings. The van der Waals surface area contributed by atoms with Crippen LogP contribution in [-0.2, 0) is 0 Å². The first-order chi connectivity index (χ1) is 18.0. The van der Waals surface area contributed by atoms with Crippen LogP contribution in [0.4, 0.5) is 11.4 Å². The summed E-state index contributed by atoms with van der Waals surface area (Å²) >= 11 is 0. The van der Waals surface area contributed by atoms with E-state index in [1.165, 1.54) is 12.1 Å². The van der Waals surface area contributed by atoms with Gasteiger partial charge in [0, 0.05) is 72.9 Å². The van der Waals surface area contributed by atoms with E-state index in [9.17, 15) is 4.79 Å². The minimum absolute atomic E-state index is 0.127. The van der Waals surface area contributed by atoms with Gasteiger partial charge in [-0.3, -0.25) is 4.79 Å². The third-order valence-electron chi connectivity index (χ3n) is 6.35. The molecule has 1 heterocycles. The molecule has 196 valence electrons. The number of rotatable bonds is 12. The zero-order valence-electron chi connectivity index (χ0n) is 22.8. The summed E-state index contributed by atoms with van der Waals surface area (Å²) in [5.41, 5.74) is 3.90. The van der Waals surface area contributed by atoms with Crippen LogP contribution in [0.2, 0.25) is 0 Å². The highest BCUT2D eigenvalue weighted by molar-refractivity contribution is 5.75. The highest BCUT2D eigenvalue weighted by Gasteiger charge is 2.08. The SMILES string of the molecule is CCN(CC)c1ccc(/C=C/c2cc(=O)cc(/C=C/c3ccc(N(CC)CC)cc3OC)o2)c(OC)c1. The van der Waals surface area contributed by atoms with Crippen molar-refractivity contribution in [1.29, 1.82) is 0 Å². The normalized spacial score (nSPS) is 11.3. The molecule has 0 N–H and O–H groups in total. The molecule has 0 aliphatic carbocycles. The van der Waals surface area contributed by atoms with Crippen LogP contribution in [0, 0.1) is 0 Å². The maximum Gasteiger partial charge on any atom is 0.186 e. The monoisotopic (exact) mass is 502 g/mol. The standard InChI is InChI=1S/C31H38N2O4/c1-7-32(8-2)25-15-11-23(30(19-25)35-5)13-17-28-21-27(34)22-29(37-28)18-14-24-12-16-26(20-31(24)36-6)33(9-3)10-4/h11-22H,7-10H2,1-6H3/b17-13+,18-14+. The summed E-state index contributed by atoms with van der Waals surface area (Å²) in [4.78, 5) is 16.9. The molecular formula is C31H38N2O4. The summed E-state index contributed by atoms with van der Waals surface area (Å²) in [6.07, 6.45) is 7.36. The molecular weight excluding hydrogens is 464 g/mol. The van der Waals surface area contributed by atoms with Crippen molar-refractivity contribution < 1.29 is 13.9 Å². The lowest BCUT2D eigenvalue weighted by Gasteiger charge is -2.22. The van der Waals surface area contributed by atoms with Crippen LogP contribution in [-0.4, -0.2) is 40.4 Å². The zero-order chi connectivity index (χ0) is 26.8. The van der Waals surface area contributed by atoms with Crippen LogP contribution in [0.1, 0.15) is 50.3 Å². The third-order valence-corrected chi connectivity index (χ3v) is 6.35. The summed E-state index contributed by atoms with van der Waals surface area (Å²) in [6.45, 7) is 12.2. The van der Waals surface area contributed by atoms with Crippen LogP contribution in [0.5, 0.6) is 11.5 Å². The number of anilines is 2. The summed E-state index contributed by atoms with van der Waals surface area (Å²) in [7, 11) is 3.32. The second kappa shape index (κ2) is 13.4. The maximum absolute atomic E-state index is 12.4. The third kappa shape index (κ3) is 7.06. The van der Waals surface area contributed by atoms with Gasteiger partial charge in [0.15, 0.2) is 5.43 Å². The Morgan fingerprint density at radius 2 is 1.05 bits per heavy atom. The van der Waals surface area contributed by atoms with Crippen LogP contribution < -0.4 is 24.7 Å². The average Bonchev–Trinajstić information content (AvgIpc) is 2.92. The lowest BCUT2D eigenvalue weighted by molar-refractivity contribution is 0.414. The molecule has 37 heavy (non-hydrogen) atoms. The van der Waals surface area contributed by atoms with E-state index in [1.54, 1.807) is 26.4 Å². The minimum atomic E-state index is -0.127. The maximum atomic E-state index is 12.4. The Hall–Kier alpha value is -3.93. The predicted molar refractivity (Wildman–Crippen MR) is 156 cm³/mol. The van der Waals surface area contributed by atoms with E-state index in [4.69, 9.17) is 13.9 Å². The summed E-state index contributed by atoms with van der Waals surface area (Å²) in [5, 5.41) is 0. The first-order valence-electron chi connectivity index (χ1n) is 12.8. The quantitative estimate of drug-likeness (QED) is 0.275. The van der Waals surface area contributed by atoms with Crippen LogP contribution in [0.3, 0.4) is 0 Å². The zero-order valence-corrected chi connectivity index (χ0v) is 22.8. The lowest BCUT2D eigenvalue weighted by Crippen LogP contribution is -2.21. The fraction of sp³-hybridized carbons (Fsp3) is 0.323. The Balaban J connectivity index is 1.85. The second-order valence-electron chi connectivity index (χ2n) is 8.46. The molecule has 0 saturated heterocycles. The van der Waals surface area contributed by atoms with Crippen molar-refractivity contribution in [2.75, 3.05) is 50.2 Å². The van der Waals surface area contributed by atoms with Crippen molar-refractivity contribution in [2.24, 2.45) is 0 Å². The molecule has 0 aliphatic heterocycles. The predicted octanol–water partition coefficient (Wildman–Crippen LogP) is 6.69. The molecule has 6 nitrogen and oxygen atoms in total. The number of ether oxygens (including phenoxy) is 2. The van der Waals surface area contributed by atoms with Crippen molar-refractivity contribution in [1.82, 2.24) is 0 Å². The van der Waals surface area contributed by atoms with E-state index >= 15 is 0 Å². The number of nitrogens with zero attached hydrogens (tertiary/aromatic N) is 2. The summed E-state index contributed by atoms with van der Waals surface area (Å²) in [5.74, 6) is 2.45. The minimum Gasteiger partial charge on any atom is -0.496 e. The Morgan fingerprint density at radius 3 is 1.41 bits per heavy atom. The van der Waals surface area contributed by atoms with Gasteiger partial charge < -0.3 is 23.7 Å². The first-order valence-corrected chi connectivity index (χ1v) is 12.8. The van der Waals surface area contributed by atoms with Gasteiger partial charge in [0.05, 0.1) is 14.2 Å². The van der Waals surface area contributed by atoms with Gasteiger partial charge in [-0.2, -0.15) is 0 Å². The van der Waals surface area contributed by atoms with Gasteiger partial charge in [-0.25, -0.2) is 0 Å². The van der Waals surface area contributed by atoms with Gasteiger partial charge >= 0.3 is 0 Å². The van der Waals surface area contributed by atoms with Crippen LogP contribution >= 0.6 is 0 Å². The highest BCUT2D eigenvalue weighted by Crippen LogP contribution is 2.29. The van der Waals surface area contributed by atoms with E-state index in [0.717, 1.165) is 60.2 Å². The van der Waals surface area contributed by atoms with Crippen LogP contribution in [0.25, 0.3) is 24.3 Å². The Bertz CT molecular complexity index is 1190. The summed E-state index contributed by atoms with van der Waals surface area (Å²) in [6, 6.07) is 15.2. The lowest BCUT2D eigenvalue weighted by atomic mass is 10.1. The Kier molecular flexibility index (Phi) is 10.0. The van der Waals surface area contributed by atoms with Gasteiger partial charge in [0.2, 0.25) is 0 Å². The number of benzene rings is 2. The van der Waals surface area contributed by atoms with Gasteiger partial charge in [-0.05, 0) is 76.3 Å². The van der Waals surface area contributed by atoms with E-state index in [-0.39, 0.29) is 5.43 Å². The molecule has 1 aromatic heterocycles. The van der Waals surface area contributed by atoms with E-state index in [2.05, 4.69) is 49.6 Å². The van der Waals surface area contributed by atoms with Crippen molar-refractivity contribution in [3.8, 4) is 11.5 Å². The van der Waals surface area contributed by atoms with Crippen molar-refractivity contribution in [3.63, 3.8) is 0 Å². The molecule has 0 radical (unpaired) electrons. The van der Waals surface area contributed by atoms with Gasteiger partial charge in [0.25, 0.3) is 0 Å². The molecule has 0 saturated carbocycles. The molecule has 0 amide bonds. The second-order valence-corrected chi connectivity index (χ2v) is 8.46. The number of hydrogen-bond acceptors (Lipinski definition) is 6. The summed E-state index contributed by atoms with van der Waals surface area (Å²) < 4.78 is 17.2. The fourth-order valence-corrected chi connectivity index (χ4v) is 4.27. The molecule has 2 aromatic carbocycles. The van der Waals surface area contributed by atoms with E-state index in [0.29, 0.717) is 11.5 Å². The van der Waals surface area contributed by atoms with Crippen molar-refractivity contribution >= 4 is 35.7 Å². The van der Waals surface area contributed by atoms with Gasteiger partial charge in [-0.1, -0.05) is 0 Å². The van der Waals surface area contributed by atoms with E-state index < -0.39 is 0 Å².